The van der Waals surface area contributed by atoms with Gasteiger partial charge in [-0.25, -0.2) is 18.7 Å². The minimum Gasteiger partial charge on any atom is -0.474 e. The van der Waals surface area contributed by atoms with Crippen LogP contribution in [0.3, 0.4) is 0 Å². The van der Waals surface area contributed by atoms with Crippen LogP contribution in [0.1, 0.15) is 30.9 Å². The van der Waals surface area contributed by atoms with Crippen LogP contribution in [0.15, 0.2) is 6.07 Å². The third-order valence-corrected chi connectivity index (χ3v) is 6.58. The van der Waals surface area contributed by atoms with Crippen LogP contribution in [-0.4, -0.2) is 53.8 Å². The van der Waals surface area contributed by atoms with Gasteiger partial charge in [-0.15, -0.1) is 0 Å². The highest BCUT2D eigenvalue weighted by atomic mass is 19.4. The van der Waals surface area contributed by atoms with E-state index in [4.69, 9.17) is 10.5 Å². The molecular weight excluding hydrogens is 497 g/mol. The number of pyridine rings is 1. The highest BCUT2D eigenvalue weighted by Gasteiger charge is 2.39. The molecule has 37 heavy (non-hydrogen) atoms. The van der Waals surface area contributed by atoms with Gasteiger partial charge >= 0.3 is 6.18 Å². The number of anilines is 3. The number of aromatic nitrogens is 3. The number of benzene rings is 1. The second kappa shape index (κ2) is 9.43. The summed E-state index contributed by atoms with van der Waals surface area (Å²) in [5.41, 5.74) is 1.41. The Balaban J connectivity index is 1.84. The lowest BCUT2D eigenvalue weighted by Gasteiger charge is -2.31. The average molecular weight is 524 g/mol. The first-order chi connectivity index (χ1) is 17.6. The number of nitrogens with two attached hydrogens (primary N) is 1. The van der Waals surface area contributed by atoms with E-state index >= 15 is 4.39 Å². The number of alkyl halides is 3. The number of ether oxygens (including phenoxy) is 1. The van der Waals surface area contributed by atoms with Crippen molar-refractivity contribution in [2.45, 2.75) is 39.0 Å². The molecule has 5 rings (SSSR count). The first-order valence-electron chi connectivity index (χ1n) is 12.0. The Hall–Kier alpha value is -3.48. The summed E-state index contributed by atoms with van der Waals surface area (Å²) in [6.07, 6.45) is -3.94. The SMILES string of the molecule is Cc1c(F)c(N)cc(-c2nc3c4c(nc(N5CCC5)nc4c2F)NCCNCCC(C)O3)c1C(F)(F)F. The quantitative estimate of drug-likeness (QED) is 0.339. The molecular formula is C24H26F5N7O. The Bertz CT molecular complexity index is 1360. The average Bonchev–Trinajstić information content (AvgIpc) is 2.82. The number of halogens is 5. The molecule has 3 aromatic rings. The summed E-state index contributed by atoms with van der Waals surface area (Å²) < 4.78 is 79.0. The first-order valence-corrected chi connectivity index (χ1v) is 12.0. The standard InChI is InChI=1S/C24H26F5N7O/c1-11-4-5-31-6-7-32-21-15-20(34-23(35-21)36-8-3-9-36)18(26)19(33-22(15)37-11)13-10-14(30)17(25)12(2)16(13)24(27,28)29/h10-11,31H,3-9,30H2,1-2H3,(H,32,34,35). The summed E-state index contributed by atoms with van der Waals surface area (Å²) in [5.74, 6) is -1.94. The molecule has 0 bridgehead atoms. The maximum Gasteiger partial charge on any atom is 0.417 e. The molecule has 0 amide bonds. The Labute approximate surface area is 209 Å². The van der Waals surface area contributed by atoms with Crippen LogP contribution in [0.4, 0.5) is 39.4 Å². The molecule has 1 fully saturated rings. The zero-order chi connectivity index (χ0) is 26.5. The number of hydrogen-bond donors (Lipinski definition) is 3. The molecule has 0 aliphatic carbocycles. The Kier molecular flexibility index (Phi) is 6.42. The number of hydrogen-bond acceptors (Lipinski definition) is 8. The van der Waals surface area contributed by atoms with Crippen molar-refractivity contribution in [3.63, 3.8) is 0 Å². The lowest BCUT2D eigenvalue weighted by Crippen LogP contribution is -2.38. The molecule has 1 atom stereocenters. The minimum absolute atomic E-state index is 0.118. The van der Waals surface area contributed by atoms with Crippen LogP contribution < -0.4 is 26.0 Å². The van der Waals surface area contributed by atoms with Crippen molar-refractivity contribution in [1.29, 1.82) is 0 Å². The van der Waals surface area contributed by atoms with E-state index in [-0.39, 0.29) is 28.5 Å². The molecule has 2 aromatic heterocycles. The highest BCUT2D eigenvalue weighted by Crippen LogP contribution is 2.44. The van der Waals surface area contributed by atoms with Gasteiger partial charge in [-0.1, -0.05) is 0 Å². The van der Waals surface area contributed by atoms with Crippen LogP contribution in [0.2, 0.25) is 0 Å². The van der Waals surface area contributed by atoms with Crippen LogP contribution in [0.25, 0.3) is 22.2 Å². The van der Waals surface area contributed by atoms with Crippen LogP contribution in [0, 0.1) is 18.6 Å². The van der Waals surface area contributed by atoms with Gasteiger partial charge in [-0.2, -0.15) is 18.2 Å². The van der Waals surface area contributed by atoms with Crippen LogP contribution >= 0.6 is 0 Å². The molecule has 1 saturated heterocycles. The van der Waals surface area contributed by atoms with Crippen molar-refractivity contribution in [2.75, 3.05) is 48.7 Å². The molecule has 0 radical (unpaired) electrons. The highest BCUT2D eigenvalue weighted by molar-refractivity contribution is 5.97. The fourth-order valence-electron chi connectivity index (χ4n) is 4.50. The van der Waals surface area contributed by atoms with Crippen molar-refractivity contribution in [2.24, 2.45) is 0 Å². The van der Waals surface area contributed by atoms with Gasteiger partial charge in [0.1, 0.15) is 28.2 Å². The van der Waals surface area contributed by atoms with Crippen molar-refractivity contribution in [1.82, 2.24) is 20.3 Å². The minimum atomic E-state index is -5.00. The molecule has 1 aromatic carbocycles. The largest absolute Gasteiger partial charge is 0.474 e. The Morgan fingerprint density at radius 1 is 1.08 bits per heavy atom. The first kappa shape index (κ1) is 25.2. The summed E-state index contributed by atoms with van der Waals surface area (Å²) in [6, 6.07) is 0.754. The lowest BCUT2D eigenvalue weighted by atomic mass is 9.96. The molecule has 4 N–H and O–H groups in total. The van der Waals surface area contributed by atoms with E-state index in [1.54, 1.807) is 6.92 Å². The fourth-order valence-corrected chi connectivity index (χ4v) is 4.50. The van der Waals surface area contributed by atoms with Crippen LogP contribution in [0.5, 0.6) is 5.88 Å². The van der Waals surface area contributed by atoms with Gasteiger partial charge < -0.3 is 26.0 Å². The second-order valence-electron chi connectivity index (χ2n) is 9.23. The molecule has 8 nitrogen and oxygen atoms in total. The maximum absolute atomic E-state index is 16.2. The normalized spacial score (nSPS) is 18.6. The fraction of sp³-hybridized carbons (Fsp3) is 0.458. The van der Waals surface area contributed by atoms with Crippen molar-refractivity contribution in [3.8, 4) is 17.1 Å². The van der Waals surface area contributed by atoms with E-state index in [1.807, 2.05) is 4.90 Å². The van der Waals surface area contributed by atoms with Gasteiger partial charge in [-0.3, -0.25) is 0 Å². The molecule has 2 aliphatic rings. The van der Waals surface area contributed by atoms with Crippen molar-refractivity contribution >= 4 is 28.4 Å². The van der Waals surface area contributed by atoms with Gasteiger partial charge in [0.25, 0.3) is 0 Å². The van der Waals surface area contributed by atoms with Gasteiger partial charge in [0, 0.05) is 31.7 Å². The summed E-state index contributed by atoms with van der Waals surface area (Å²) in [6.45, 7) is 5.73. The number of nitrogens with one attached hydrogen (secondary N) is 2. The predicted octanol–water partition coefficient (Wildman–Crippen LogP) is 4.26. The molecule has 0 saturated carbocycles. The third kappa shape index (κ3) is 4.56. The zero-order valence-electron chi connectivity index (χ0n) is 20.3. The summed E-state index contributed by atoms with van der Waals surface area (Å²) in [7, 11) is 0. The Morgan fingerprint density at radius 3 is 2.51 bits per heavy atom. The van der Waals surface area contributed by atoms with Gasteiger partial charge in [-0.05, 0) is 44.9 Å². The summed E-state index contributed by atoms with van der Waals surface area (Å²) in [5, 5.41) is 6.54. The van der Waals surface area contributed by atoms with E-state index in [0.717, 1.165) is 19.4 Å². The van der Waals surface area contributed by atoms with E-state index in [9.17, 15) is 17.6 Å². The van der Waals surface area contributed by atoms with E-state index in [2.05, 4.69) is 25.6 Å². The van der Waals surface area contributed by atoms with E-state index < -0.39 is 52.0 Å². The predicted molar refractivity (Wildman–Crippen MR) is 130 cm³/mol. The van der Waals surface area contributed by atoms with Gasteiger partial charge in [0.15, 0.2) is 5.82 Å². The monoisotopic (exact) mass is 523 g/mol. The topological polar surface area (TPSA) is 101 Å². The second-order valence-corrected chi connectivity index (χ2v) is 9.23. The summed E-state index contributed by atoms with van der Waals surface area (Å²) >= 11 is 0. The number of nitrogen functional groups attached to an aromatic ring is 1. The molecule has 13 heteroatoms. The molecule has 0 spiro atoms. The zero-order valence-corrected chi connectivity index (χ0v) is 20.3. The van der Waals surface area contributed by atoms with E-state index in [0.29, 0.717) is 39.1 Å². The lowest BCUT2D eigenvalue weighted by molar-refractivity contribution is -0.137. The number of rotatable bonds is 2. The smallest absolute Gasteiger partial charge is 0.417 e. The van der Waals surface area contributed by atoms with Crippen molar-refractivity contribution in [3.05, 3.63) is 28.8 Å². The van der Waals surface area contributed by atoms with Gasteiger partial charge in [0.05, 0.1) is 17.4 Å². The molecule has 198 valence electrons. The number of nitrogens with zero attached hydrogens (tertiary/aromatic N) is 4. The maximum atomic E-state index is 16.2. The molecule has 2 aliphatic heterocycles. The third-order valence-electron chi connectivity index (χ3n) is 6.58. The molecule has 1 unspecified atom stereocenters. The van der Waals surface area contributed by atoms with Gasteiger partial charge in [0.2, 0.25) is 11.8 Å². The van der Waals surface area contributed by atoms with Crippen molar-refractivity contribution < 1.29 is 26.7 Å². The molecule has 4 heterocycles. The summed E-state index contributed by atoms with van der Waals surface area (Å²) in [4.78, 5) is 15.0. The van der Waals surface area contributed by atoms with Crippen LogP contribution in [-0.2, 0) is 6.18 Å². The van der Waals surface area contributed by atoms with E-state index in [1.165, 1.54) is 0 Å². The Morgan fingerprint density at radius 2 is 1.84 bits per heavy atom.